The summed E-state index contributed by atoms with van der Waals surface area (Å²) in [6.07, 6.45) is 2.23. The number of hydrogen-bond donors (Lipinski definition) is 1. The first-order valence-corrected chi connectivity index (χ1v) is 8.20. The SMILES string of the molecule is CCCOc1cc(N2CCC(N(CC)CC)C2)ccc1N. The van der Waals surface area contributed by atoms with Gasteiger partial charge < -0.3 is 15.4 Å². The number of nitrogens with zero attached hydrogens (tertiary/aromatic N) is 2. The lowest BCUT2D eigenvalue weighted by atomic mass is 10.2. The van der Waals surface area contributed by atoms with Crippen molar-refractivity contribution in [1.82, 2.24) is 4.90 Å². The van der Waals surface area contributed by atoms with Gasteiger partial charge >= 0.3 is 0 Å². The van der Waals surface area contributed by atoms with E-state index in [9.17, 15) is 0 Å². The molecule has 21 heavy (non-hydrogen) atoms. The van der Waals surface area contributed by atoms with E-state index in [1.165, 1.54) is 12.1 Å². The molecule has 0 bridgehead atoms. The van der Waals surface area contributed by atoms with Crippen LogP contribution in [0.3, 0.4) is 0 Å². The van der Waals surface area contributed by atoms with E-state index in [1.54, 1.807) is 0 Å². The van der Waals surface area contributed by atoms with Crippen LogP contribution in [0.5, 0.6) is 5.75 Å². The Morgan fingerprint density at radius 3 is 2.71 bits per heavy atom. The van der Waals surface area contributed by atoms with Crippen LogP contribution < -0.4 is 15.4 Å². The Morgan fingerprint density at radius 2 is 2.05 bits per heavy atom. The molecule has 1 aliphatic rings. The van der Waals surface area contributed by atoms with Crippen molar-refractivity contribution >= 4 is 11.4 Å². The van der Waals surface area contributed by atoms with Gasteiger partial charge in [-0.2, -0.15) is 0 Å². The zero-order chi connectivity index (χ0) is 15.2. The van der Waals surface area contributed by atoms with Crippen molar-refractivity contribution in [3.8, 4) is 5.75 Å². The molecule has 1 aliphatic heterocycles. The standard InChI is InChI=1S/C17H29N3O/c1-4-11-21-17-12-14(7-8-16(17)18)20-10-9-15(13-20)19(5-2)6-3/h7-8,12,15H,4-6,9-11,13,18H2,1-3H3. The summed E-state index contributed by atoms with van der Waals surface area (Å²) in [6, 6.07) is 6.83. The molecular formula is C17H29N3O. The highest BCUT2D eigenvalue weighted by Gasteiger charge is 2.26. The third kappa shape index (κ3) is 3.82. The fourth-order valence-electron chi connectivity index (χ4n) is 3.07. The van der Waals surface area contributed by atoms with E-state index in [4.69, 9.17) is 10.5 Å². The molecule has 1 unspecified atom stereocenters. The Labute approximate surface area is 128 Å². The molecule has 1 aromatic carbocycles. The van der Waals surface area contributed by atoms with Crippen molar-refractivity contribution in [3.63, 3.8) is 0 Å². The fraction of sp³-hybridized carbons (Fsp3) is 0.647. The Hall–Kier alpha value is -1.42. The van der Waals surface area contributed by atoms with Crippen LogP contribution in [0, 0.1) is 0 Å². The predicted molar refractivity (Wildman–Crippen MR) is 90.2 cm³/mol. The molecule has 0 radical (unpaired) electrons. The van der Waals surface area contributed by atoms with Gasteiger partial charge in [0.1, 0.15) is 5.75 Å². The highest BCUT2D eigenvalue weighted by Crippen LogP contribution is 2.30. The Morgan fingerprint density at radius 1 is 1.29 bits per heavy atom. The second kappa shape index (κ2) is 7.55. The highest BCUT2D eigenvalue weighted by molar-refractivity contribution is 5.62. The number of nitrogen functional groups attached to an aromatic ring is 1. The van der Waals surface area contributed by atoms with Gasteiger partial charge in [-0.3, -0.25) is 4.90 Å². The summed E-state index contributed by atoms with van der Waals surface area (Å²) < 4.78 is 5.74. The summed E-state index contributed by atoms with van der Waals surface area (Å²) in [7, 11) is 0. The lowest BCUT2D eigenvalue weighted by Crippen LogP contribution is -2.37. The second-order valence-electron chi connectivity index (χ2n) is 5.68. The number of nitrogens with two attached hydrogens (primary N) is 1. The van der Waals surface area contributed by atoms with Gasteiger partial charge in [0.2, 0.25) is 0 Å². The van der Waals surface area contributed by atoms with E-state index in [2.05, 4.69) is 42.7 Å². The molecule has 1 aromatic rings. The topological polar surface area (TPSA) is 41.7 Å². The van der Waals surface area contributed by atoms with Crippen LogP contribution in [0.15, 0.2) is 18.2 Å². The summed E-state index contributed by atoms with van der Waals surface area (Å²) in [6.45, 7) is 11.8. The predicted octanol–water partition coefficient (Wildman–Crippen LogP) is 2.98. The number of hydrogen-bond acceptors (Lipinski definition) is 4. The first kappa shape index (κ1) is 16.0. The van der Waals surface area contributed by atoms with E-state index < -0.39 is 0 Å². The summed E-state index contributed by atoms with van der Waals surface area (Å²) in [4.78, 5) is 4.99. The maximum absolute atomic E-state index is 6.00. The lowest BCUT2D eigenvalue weighted by Gasteiger charge is -2.27. The minimum atomic E-state index is 0.664. The van der Waals surface area contributed by atoms with Crippen LogP contribution in [0.1, 0.15) is 33.6 Å². The quantitative estimate of drug-likeness (QED) is 0.784. The smallest absolute Gasteiger partial charge is 0.144 e. The van der Waals surface area contributed by atoms with Crippen molar-refractivity contribution in [2.75, 3.05) is 43.4 Å². The van der Waals surface area contributed by atoms with Crippen LogP contribution >= 0.6 is 0 Å². The zero-order valence-corrected chi connectivity index (χ0v) is 13.6. The number of ether oxygens (including phenoxy) is 1. The van der Waals surface area contributed by atoms with E-state index >= 15 is 0 Å². The number of rotatable bonds is 7. The zero-order valence-electron chi connectivity index (χ0n) is 13.6. The molecule has 1 fully saturated rings. The average molecular weight is 291 g/mol. The molecule has 4 heteroatoms. The van der Waals surface area contributed by atoms with Crippen LogP contribution in [0.4, 0.5) is 11.4 Å². The van der Waals surface area contributed by atoms with Gasteiger partial charge in [-0.1, -0.05) is 20.8 Å². The van der Waals surface area contributed by atoms with Crippen molar-refractivity contribution in [2.45, 2.75) is 39.7 Å². The Bertz CT molecular complexity index is 446. The maximum Gasteiger partial charge on any atom is 0.144 e. The van der Waals surface area contributed by atoms with E-state index in [1.807, 2.05) is 6.07 Å². The van der Waals surface area contributed by atoms with Crippen molar-refractivity contribution in [1.29, 1.82) is 0 Å². The first-order valence-electron chi connectivity index (χ1n) is 8.20. The third-order valence-corrected chi connectivity index (χ3v) is 4.32. The van der Waals surface area contributed by atoms with Crippen LogP contribution in [0.25, 0.3) is 0 Å². The molecule has 2 N–H and O–H groups in total. The summed E-state index contributed by atoms with van der Waals surface area (Å²) >= 11 is 0. The molecule has 1 atom stereocenters. The third-order valence-electron chi connectivity index (χ3n) is 4.32. The van der Waals surface area contributed by atoms with Crippen LogP contribution in [0.2, 0.25) is 0 Å². The normalized spacial score (nSPS) is 18.5. The Kier molecular flexibility index (Phi) is 5.74. The monoisotopic (exact) mass is 291 g/mol. The van der Waals surface area contributed by atoms with Crippen molar-refractivity contribution < 1.29 is 4.74 Å². The van der Waals surface area contributed by atoms with Gasteiger partial charge in [-0.05, 0) is 38.1 Å². The molecule has 0 spiro atoms. The summed E-state index contributed by atoms with van der Waals surface area (Å²) in [5, 5.41) is 0. The van der Waals surface area contributed by atoms with E-state index in [-0.39, 0.29) is 0 Å². The van der Waals surface area contributed by atoms with Crippen LogP contribution in [-0.2, 0) is 0 Å². The summed E-state index contributed by atoms with van der Waals surface area (Å²) in [5.74, 6) is 0.820. The molecule has 118 valence electrons. The lowest BCUT2D eigenvalue weighted by molar-refractivity contribution is 0.232. The van der Waals surface area contributed by atoms with Gasteiger partial charge in [0.15, 0.2) is 0 Å². The molecule has 1 heterocycles. The van der Waals surface area contributed by atoms with Gasteiger partial charge in [0, 0.05) is 30.9 Å². The second-order valence-corrected chi connectivity index (χ2v) is 5.68. The molecule has 4 nitrogen and oxygen atoms in total. The molecule has 0 amide bonds. The fourth-order valence-corrected chi connectivity index (χ4v) is 3.07. The molecule has 2 rings (SSSR count). The number of anilines is 2. The number of likely N-dealkylation sites (N-methyl/N-ethyl adjacent to an activating group) is 1. The first-order chi connectivity index (χ1) is 10.2. The minimum Gasteiger partial charge on any atom is -0.491 e. The highest BCUT2D eigenvalue weighted by atomic mass is 16.5. The molecule has 0 saturated carbocycles. The van der Waals surface area contributed by atoms with E-state index in [0.717, 1.165) is 50.6 Å². The molecule has 1 saturated heterocycles. The largest absolute Gasteiger partial charge is 0.491 e. The molecule has 0 aromatic heterocycles. The van der Waals surface area contributed by atoms with E-state index in [0.29, 0.717) is 6.04 Å². The van der Waals surface area contributed by atoms with Gasteiger partial charge in [-0.25, -0.2) is 0 Å². The average Bonchev–Trinajstić information content (AvgIpc) is 2.97. The summed E-state index contributed by atoms with van der Waals surface area (Å²) in [5.41, 5.74) is 7.95. The van der Waals surface area contributed by atoms with Gasteiger partial charge in [-0.15, -0.1) is 0 Å². The maximum atomic E-state index is 6.00. The Balaban J connectivity index is 2.05. The van der Waals surface area contributed by atoms with Crippen LogP contribution in [-0.4, -0.2) is 43.7 Å². The van der Waals surface area contributed by atoms with Crippen molar-refractivity contribution in [2.24, 2.45) is 0 Å². The molecule has 0 aliphatic carbocycles. The number of benzene rings is 1. The van der Waals surface area contributed by atoms with Gasteiger partial charge in [0.25, 0.3) is 0 Å². The van der Waals surface area contributed by atoms with Gasteiger partial charge in [0.05, 0.1) is 12.3 Å². The minimum absolute atomic E-state index is 0.664. The van der Waals surface area contributed by atoms with Crippen molar-refractivity contribution in [3.05, 3.63) is 18.2 Å². The molecular weight excluding hydrogens is 262 g/mol.